The third kappa shape index (κ3) is 4.06. The Balaban J connectivity index is 1.97. The summed E-state index contributed by atoms with van der Waals surface area (Å²) in [6.45, 7) is 0.613. The Hall–Kier alpha value is -2.34. The molecule has 1 amide bonds. The monoisotopic (exact) mass is 300 g/mol. The number of carbonyl (C=O) groups excluding carboxylic acids is 1. The van der Waals surface area contributed by atoms with Gasteiger partial charge in [0.25, 0.3) is 5.91 Å². The Bertz CT molecular complexity index is 628. The Morgan fingerprint density at radius 1 is 1.29 bits per heavy atom. The van der Waals surface area contributed by atoms with Crippen LogP contribution in [0.3, 0.4) is 0 Å². The van der Waals surface area contributed by atoms with Gasteiger partial charge >= 0.3 is 0 Å². The van der Waals surface area contributed by atoms with E-state index in [9.17, 15) is 4.79 Å². The van der Waals surface area contributed by atoms with Gasteiger partial charge in [0, 0.05) is 37.7 Å². The Morgan fingerprint density at radius 2 is 2.00 bits per heavy atom. The minimum atomic E-state index is -0.126. The van der Waals surface area contributed by atoms with E-state index < -0.39 is 0 Å². The van der Waals surface area contributed by atoms with Crippen LogP contribution >= 0.6 is 12.2 Å². The van der Waals surface area contributed by atoms with Gasteiger partial charge in [-0.05, 0) is 36.2 Å². The Kier molecular flexibility index (Phi) is 4.94. The largest absolute Gasteiger partial charge is 0.389 e. The smallest absolute Gasteiger partial charge is 0.272 e. The van der Waals surface area contributed by atoms with Crippen molar-refractivity contribution in [3.05, 3.63) is 59.7 Å². The maximum atomic E-state index is 12.2. The zero-order chi connectivity index (χ0) is 15.2. The van der Waals surface area contributed by atoms with Crippen molar-refractivity contribution in [3.8, 4) is 0 Å². The fourth-order valence-corrected chi connectivity index (χ4v) is 1.93. The number of aromatic nitrogens is 2. The van der Waals surface area contributed by atoms with Crippen molar-refractivity contribution in [2.75, 3.05) is 13.6 Å². The highest BCUT2D eigenvalue weighted by molar-refractivity contribution is 7.80. The summed E-state index contributed by atoms with van der Waals surface area (Å²) in [5, 5.41) is 0. The molecule has 2 heterocycles. The number of pyridine rings is 2. The molecule has 0 aliphatic rings. The van der Waals surface area contributed by atoms with E-state index in [1.807, 2.05) is 12.1 Å². The van der Waals surface area contributed by atoms with E-state index in [2.05, 4.69) is 9.97 Å². The summed E-state index contributed by atoms with van der Waals surface area (Å²) < 4.78 is 0. The van der Waals surface area contributed by atoms with Crippen LogP contribution < -0.4 is 5.73 Å². The quantitative estimate of drug-likeness (QED) is 0.846. The molecule has 2 rings (SSSR count). The molecule has 0 aliphatic carbocycles. The number of hydrogen-bond donors (Lipinski definition) is 1. The maximum absolute atomic E-state index is 12.2. The average molecular weight is 300 g/mol. The van der Waals surface area contributed by atoms with Crippen LogP contribution in [-0.4, -0.2) is 39.4 Å². The molecule has 21 heavy (non-hydrogen) atoms. The van der Waals surface area contributed by atoms with Gasteiger partial charge in [0.05, 0.1) is 0 Å². The fourth-order valence-electron chi connectivity index (χ4n) is 1.81. The molecule has 5 nitrogen and oxygen atoms in total. The molecule has 0 bridgehead atoms. The van der Waals surface area contributed by atoms with Crippen LogP contribution in [0.1, 0.15) is 21.6 Å². The van der Waals surface area contributed by atoms with E-state index in [4.69, 9.17) is 18.0 Å². The molecule has 0 saturated carbocycles. The number of likely N-dealkylation sites (N-methyl/N-ethyl adjacent to an activating group) is 1. The van der Waals surface area contributed by atoms with Crippen LogP contribution in [0.25, 0.3) is 0 Å². The van der Waals surface area contributed by atoms with Gasteiger partial charge in [-0.2, -0.15) is 0 Å². The highest BCUT2D eigenvalue weighted by Gasteiger charge is 2.13. The van der Waals surface area contributed by atoms with E-state index in [1.165, 1.54) is 6.20 Å². The molecule has 108 valence electrons. The van der Waals surface area contributed by atoms with Gasteiger partial charge in [0.15, 0.2) is 0 Å². The van der Waals surface area contributed by atoms with Crippen molar-refractivity contribution in [2.24, 2.45) is 5.73 Å². The minimum Gasteiger partial charge on any atom is -0.389 e. The first-order valence-corrected chi connectivity index (χ1v) is 6.89. The SMILES string of the molecule is CN(CCc1ccncc1)C(=O)c1ccc(C(N)=S)cn1. The summed E-state index contributed by atoms with van der Waals surface area (Å²) in [4.78, 5) is 22.2. The lowest BCUT2D eigenvalue weighted by molar-refractivity contribution is 0.0791. The molecule has 0 fully saturated rings. The first-order chi connectivity index (χ1) is 10.1. The first-order valence-electron chi connectivity index (χ1n) is 6.48. The van der Waals surface area contributed by atoms with Gasteiger partial charge in [0.2, 0.25) is 0 Å². The topological polar surface area (TPSA) is 72.1 Å². The normalized spacial score (nSPS) is 10.1. The van der Waals surface area contributed by atoms with Crippen LogP contribution in [0.15, 0.2) is 42.9 Å². The number of thiocarbonyl (C=S) groups is 1. The maximum Gasteiger partial charge on any atom is 0.272 e. The summed E-state index contributed by atoms with van der Waals surface area (Å²) in [6.07, 6.45) is 5.78. The number of hydrogen-bond acceptors (Lipinski definition) is 4. The van der Waals surface area contributed by atoms with E-state index in [1.54, 1.807) is 36.5 Å². The standard InChI is InChI=1S/C15H16N4OS/c1-19(9-6-11-4-7-17-8-5-11)15(20)13-3-2-12(10-18-13)14(16)21/h2-5,7-8,10H,6,9H2,1H3,(H2,16,21). The van der Waals surface area contributed by atoms with Crippen LogP contribution in [0.5, 0.6) is 0 Å². The number of nitrogens with two attached hydrogens (primary N) is 1. The molecule has 0 unspecified atom stereocenters. The van der Waals surface area contributed by atoms with Crippen molar-refractivity contribution >= 4 is 23.1 Å². The van der Waals surface area contributed by atoms with Crippen molar-refractivity contribution in [1.82, 2.24) is 14.9 Å². The molecule has 0 atom stereocenters. The number of nitrogens with zero attached hydrogens (tertiary/aromatic N) is 3. The fraction of sp³-hybridized carbons (Fsp3) is 0.200. The van der Waals surface area contributed by atoms with Crippen molar-refractivity contribution in [3.63, 3.8) is 0 Å². The van der Waals surface area contributed by atoms with Gasteiger partial charge in [0.1, 0.15) is 10.7 Å². The van der Waals surface area contributed by atoms with Crippen LogP contribution in [0, 0.1) is 0 Å². The Morgan fingerprint density at radius 3 is 2.57 bits per heavy atom. The van der Waals surface area contributed by atoms with E-state index in [0.717, 1.165) is 12.0 Å². The highest BCUT2D eigenvalue weighted by atomic mass is 32.1. The lowest BCUT2D eigenvalue weighted by Crippen LogP contribution is -2.29. The van der Waals surface area contributed by atoms with Gasteiger partial charge in [-0.1, -0.05) is 12.2 Å². The van der Waals surface area contributed by atoms with Crippen LogP contribution in [-0.2, 0) is 6.42 Å². The number of carbonyl (C=O) groups is 1. The van der Waals surface area contributed by atoms with E-state index >= 15 is 0 Å². The van der Waals surface area contributed by atoms with E-state index in [0.29, 0.717) is 17.8 Å². The molecule has 0 spiro atoms. The summed E-state index contributed by atoms with van der Waals surface area (Å²) in [7, 11) is 1.76. The van der Waals surface area contributed by atoms with Gasteiger partial charge in [-0.3, -0.25) is 14.8 Å². The molecule has 2 aromatic rings. The molecule has 0 aromatic carbocycles. The number of rotatable bonds is 5. The number of amides is 1. The van der Waals surface area contributed by atoms with Gasteiger partial charge < -0.3 is 10.6 Å². The summed E-state index contributed by atoms with van der Waals surface area (Å²) in [6, 6.07) is 7.22. The third-order valence-corrected chi connectivity index (χ3v) is 3.33. The summed E-state index contributed by atoms with van der Waals surface area (Å²) >= 11 is 4.86. The molecule has 0 saturated heterocycles. The van der Waals surface area contributed by atoms with Crippen LogP contribution in [0.4, 0.5) is 0 Å². The lowest BCUT2D eigenvalue weighted by Gasteiger charge is -2.16. The predicted octanol–water partition coefficient (Wildman–Crippen LogP) is 1.43. The molecular formula is C15H16N4OS. The minimum absolute atomic E-state index is 0.126. The molecule has 6 heteroatoms. The molecular weight excluding hydrogens is 284 g/mol. The predicted molar refractivity (Wildman–Crippen MR) is 85.0 cm³/mol. The highest BCUT2D eigenvalue weighted by Crippen LogP contribution is 2.05. The second-order valence-electron chi connectivity index (χ2n) is 4.63. The van der Waals surface area contributed by atoms with Crippen LogP contribution in [0.2, 0.25) is 0 Å². The second kappa shape index (κ2) is 6.90. The third-order valence-electron chi connectivity index (χ3n) is 3.10. The van der Waals surface area contributed by atoms with Crippen molar-refractivity contribution in [1.29, 1.82) is 0 Å². The average Bonchev–Trinajstić information content (AvgIpc) is 2.53. The molecule has 0 radical (unpaired) electrons. The second-order valence-corrected chi connectivity index (χ2v) is 5.07. The first kappa shape index (κ1) is 15.1. The molecule has 2 N–H and O–H groups in total. The van der Waals surface area contributed by atoms with E-state index in [-0.39, 0.29) is 10.9 Å². The zero-order valence-electron chi connectivity index (χ0n) is 11.7. The van der Waals surface area contributed by atoms with Crippen molar-refractivity contribution < 1.29 is 4.79 Å². The lowest BCUT2D eigenvalue weighted by atomic mass is 10.2. The van der Waals surface area contributed by atoms with Crippen molar-refractivity contribution in [2.45, 2.75) is 6.42 Å². The Labute approximate surface area is 128 Å². The summed E-state index contributed by atoms with van der Waals surface area (Å²) in [5.74, 6) is -0.126. The zero-order valence-corrected chi connectivity index (χ0v) is 12.5. The summed E-state index contributed by atoms with van der Waals surface area (Å²) in [5.41, 5.74) is 7.68. The van der Waals surface area contributed by atoms with Gasteiger partial charge in [-0.25, -0.2) is 0 Å². The molecule has 2 aromatic heterocycles. The molecule has 0 aliphatic heterocycles. The van der Waals surface area contributed by atoms with Gasteiger partial charge in [-0.15, -0.1) is 0 Å².